The number of rotatable bonds is 11. The molecule has 192 valence electrons. The molecule has 0 heterocycles. The fourth-order valence-electron chi connectivity index (χ4n) is 3.55. The van der Waals surface area contributed by atoms with E-state index in [4.69, 9.17) is 21.1 Å². The molecule has 7 nitrogen and oxygen atoms in total. The number of amides is 2. The van der Waals surface area contributed by atoms with E-state index < -0.39 is 29.6 Å². The van der Waals surface area contributed by atoms with Crippen LogP contribution in [0.3, 0.4) is 0 Å². The molecule has 0 aliphatic heterocycles. The Balaban J connectivity index is 2.46. The summed E-state index contributed by atoms with van der Waals surface area (Å²) >= 11 is 7.17. The topological polar surface area (TPSA) is 90.0 Å². The van der Waals surface area contributed by atoms with E-state index in [1.807, 2.05) is 6.92 Å². The van der Waals surface area contributed by atoms with Crippen LogP contribution < -0.4 is 4.90 Å². The van der Waals surface area contributed by atoms with E-state index in [0.717, 1.165) is 29.1 Å². The molecule has 0 unspecified atom stereocenters. The normalized spacial score (nSPS) is 13.4. The zero-order chi connectivity index (χ0) is 26.0. The van der Waals surface area contributed by atoms with Gasteiger partial charge >= 0.3 is 11.9 Å². The Labute approximate surface area is 214 Å². The second kappa shape index (κ2) is 14.2. The Kier molecular flexibility index (Phi) is 11.7. The van der Waals surface area contributed by atoms with E-state index in [1.54, 1.807) is 13.8 Å². The number of anilines is 1. The summed E-state index contributed by atoms with van der Waals surface area (Å²) in [6.07, 6.45) is 3.48. The number of thioether (sulfide) groups is 1. The number of carbonyl (C=O) groups is 4. The van der Waals surface area contributed by atoms with Crippen LogP contribution in [0.5, 0.6) is 0 Å². The molecule has 0 saturated carbocycles. The molecule has 0 atom stereocenters. The van der Waals surface area contributed by atoms with Crippen LogP contribution in [0.25, 0.3) is 0 Å². The van der Waals surface area contributed by atoms with Crippen molar-refractivity contribution in [3.8, 4) is 0 Å². The Morgan fingerprint density at radius 3 is 2.37 bits per heavy atom. The van der Waals surface area contributed by atoms with E-state index in [1.165, 1.54) is 6.07 Å². The molecule has 0 spiro atoms. The Morgan fingerprint density at radius 2 is 1.74 bits per heavy atom. The highest BCUT2D eigenvalue weighted by Crippen LogP contribution is 2.36. The van der Waals surface area contributed by atoms with Gasteiger partial charge in [0.1, 0.15) is 5.82 Å². The number of hydrogen-bond acceptors (Lipinski definition) is 7. The number of esters is 2. The minimum Gasteiger partial charge on any atom is -0.465 e. The fraction of sp³-hybridized carbons (Fsp3) is 0.520. The molecule has 0 saturated heterocycles. The number of carbonyl (C=O) groups excluding carboxylic acids is 4. The van der Waals surface area contributed by atoms with Crippen molar-refractivity contribution in [1.29, 1.82) is 0 Å². The van der Waals surface area contributed by atoms with Gasteiger partial charge in [0.05, 0.1) is 29.7 Å². The van der Waals surface area contributed by atoms with Crippen LogP contribution >= 0.6 is 23.4 Å². The lowest BCUT2D eigenvalue weighted by atomic mass is 9.90. The van der Waals surface area contributed by atoms with Crippen molar-refractivity contribution in [2.75, 3.05) is 23.9 Å². The summed E-state index contributed by atoms with van der Waals surface area (Å²) in [5.41, 5.74) is 0.113. The van der Waals surface area contributed by atoms with Crippen molar-refractivity contribution >= 4 is 52.8 Å². The van der Waals surface area contributed by atoms with Crippen LogP contribution in [0.4, 0.5) is 10.1 Å². The lowest BCUT2D eigenvalue weighted by Gasteiger charge is -2.26. The number of imide groups is 1. The van der Waals surface area contributed by atoms with Gasteiger partial charge in [-0.25, -0.2) is 14.1 Å². The first-order valence-electron chi connectivity index (χ1n) is 11.8. The maximum Gasteiger partial charge on any atom is 0.334 e. The fourth-order valence-corrected chi connectivity index (χ4v) is 4.62. The molecule has 1 aliphatic rings. The average molecular weight is 528 g/mol. The van der Waals surface area contributed by atoms with Crippen LogP contribution in [0, 0.1) is 5.82 Å². The van der Waals surface area contributed by atoms with Gasteiger partial charge in [0.15, 0.2) is 0 Å². The summed E-state index contributed by atoms with van der Waals surface area (Å²) < 4.78 is 25.3. The van der Waals surface area contributed by atoms with Crippen LogP contribution in [-0.2, 0) is 28.7 Å². The minimum absolute atomic E-state index is 0.0361. The molecule has 2 rings (SSSR count). The Bertz CT molecular complexity index is 996. The number of benzene rings is 1. The first kappa shape index (κ1) is 28.8. The van der Waals surface area contributed by atoms with Crippen molar-refractivity contribution in [3.05, 3.63) is 34.1 Å². The summed E-state index contributed by atoms with van der Waals surface area (Å²) in [7, 11) is 0. The highest BCUT2D eigenvalue weighted by molar-refractivity contribution is 8.00. The lowest BCUT2D eigenvalue weighted by Crippen LogP contribution is -2.39. The zero-order valence-electron chi connectivity index (χ0n) is 20.3. The molecule has 0 radical (unpaired) electrons. The predicted octanol–water partition coefficient (Wildman–Crippen LogP) is 5.62. The standard InChI is InChI=1S/C25H31ClFNO6S/c1-4-7-12-34-25(32)17-11-9-8-10-16(17)24(31)28(22(29)5-2)20-14-21(18(26)13-19(20)27)35-15-23(30)33-6-3/h13-14H,4-12,15H2,1-3H3. The van der Waals surface area contributed by atoms with Gasteiger partial charge in [0.25, 0.3) is 5.91 Å². The monoisotopic (exact) mass is 527 g/mol. The third-order valence-corrected chi connectivity index (χ3v) is 6.81. The average Bonchev–Trinajstić information content (AvgIpc) is 2.84. The number of hydrogen-bond donors (Lipinski definition) is 0. The van der Waals surface area contributed by atoms with Gasteiger partial charge in [-0.15, -0.1) is 11.8 Å². The number of nitrogens with zero attached hydrogens (tertiary/aromatic N) is 1. The molecule has 1 aliphatic carbocycles. The van der Waals surface area contributed by atoms with Crippen molar-refractivity contribution in [3.63, 3.8) is 0 Å². The SMILES string of the molecule is CCCCOC(=O)C1=C(C(=O)N(C(=O)CC)c2cc(SCC(=O)OCC)c(Cl)cc2F)CCCC1. The molecule has 1 aromatic carbocycles. The van der Waals surface area contributed by atoms with Crippen LogP contribution in [0.1, 0.15) is 65.7 Å². The van der Waals surface area contributed by atoms with Gasteiger partial charge in [0.2, 0.25) is 5.91 Å². The quantitative estimate of drug-likeness (QED) is 0.209. The molecule has 0 N–H and O–H groups in total. The van der Waals surface area contributed by atoms with E-state index in [0.29, 0.717) is 30.6 Å². The van der Waals surface area contributed by atoms with E-state index >= 15 is 4.39 Å². The van der Waals surface area contributed by atoms with E-state index in [9.17, 15) is 19.2 Å². The van der Waals surface area contributed by atoms with Crippen LogP contribution in [0.2, 0.25) is 5.02 Å². The molecule has 2 amide bonds. The van der Waals surface area contributed by atoms with Crippen molar-refractivity contribution in [2.24, 2.45) is 0 Å². The maximum atomic E-state index is 15.0. The van der Waals surface area contributed by atoms with E-state index in [2.05, 4.69) is 0 Å². The second-order valence-electron chi connectivity index (χ2n) is 7.87. The molecular formula is C25H31ClFNO6S. The molecule has 0 fully saturated rings. The first-order valence-corrected chi connectivity index (χ1v) is 13.1. The van der Waals surface area contributed by atoms with Gasteiger partial charge in [-0.1, -0.05) is 31.9 Å². The molecular weight excluding hydrogens is 497 g/mol. The third kappa shape index (κ3) is 7.80. The largest absolute Gasteiger partial charge is 0.465 e. The summed E-state index contributed by atoms with van der Waals surface area (Å²) in [5.74, 6) is -3.37. The predicted molar refractivity (Wildman–Crippen MR) is 133 cm³/mol. The summed E-state index contributed by atoms with van der Waals surface area (Å²) in [6, 6.07) is 2.28. The second-order valence-corrected chi connectivity index (χ2v) is 9.29. The van der Waals surface area contributed by atoms with Crippen LogP contribution in [0.15, 0.2) is 28.2 Å². The smallest absolute Gasteiger partial charge is 0.334 e. The zero-order valence-corrected chi connectivity index (χ0v) is 21.9. The van der Waals surface area contributed by atoms with Crippen LogP contribution in [-0.4, -0.2) is 42.7 Å². The first-order chi connectivity index (χ1) is 16.7. The summed E-state index contributed by atoms with van der Waals surface area (Å²) in [4.78, 5) is 52.0. The Hall–Kier alpha value is -2.39. The molecule has 0 aromatic heterocycles. The molecule has 0 bridgehead atoms. The van der Waals surface area contributed by atoms with Gasteiger partial charge in [-0.05, 0) is 51.2 Å². The number of ether oxygens (including phenoxy) is 2. The van der Waals surface area contributed by atoms with Crippen molar-refractivity contribution in [1.82, 2.24) is 0 Å². The molecule has 1 aromatic rings. The number of halogens is 2. The van der Waals surface area contributed by atoms with Gasteiger partial charge < -0.3 is 9.47 Å². The molecule has 10 heteroatoms. The highest BCUT2D eigenvalue weighted by atomic mass is 35.5. The lowest BCUT2D eigenvalue weighted by molar-refractivity contribution is -0.140. The molecule has 35 heavy (non-hydrogen) atoms. The van der Waals surface area contributed by atoms with Gasteiger partial charge in [0, 0.05) is 22.5 Å². The highest BCUT2D eigenvalue weighted by Gasteiger charge is 2.33. The number of unbranched alkanes of at least 4 members (excludes halogenated alkanes) is 1. The third-order valence-electron chi connectivity index (χ3n) is 5.35. The van der Waals surface area contributed by atoms with Gasteiger partial charge in [-0.3, -0.25) is 14.4 Å². The maximum absolute atomic E-state index is 15.0. The summed E-state index contributed by atoms with van der Waals surface area (Å²) in [5, 5.41) is 0.0361. The van der Waals surface area contributed by atoms with E-state index in [-0.39, 0.29) is 53.7 Å². The summed E-state index contributed by atoms with van der Waals surface area (Å²) in [6.45, 7) is 5.66. The van der Waals surface area contributed by atoms with Crippen molar-refractivity contribution < 1.29 is 33.0 Å². The van der Waals surface area contributed by atoms with Gasteiger partial charge in [-0.2, -0.15) is 0 Å². The Morgan fingerprint density at radius 1 is 1.06 bits per heavy atom. The minimum atomic E-state index is -0.867. The van der Waals surface area contributed by atoms with Crippen molar-refractivity contribution in [2.45, 2.75) is 70.6 Å².